The number of nitro benzene ring substituents is 1. The van der Waals surface area contributed by atoms with Gasteiger partial charge in [-0.25, -0.2) is 4.98 Å². The second kappa shape index (κ2) is 5.53. The molecule has 0 atom stereocenters. The van der Waals surface area contributed by atoms with Crippen LogP contribution in [-0.4, -0.2) is 15.8 Å². The van der Waals surface area contributed by atoms with Crippen molar-refractivity contribution < 1.29 is 9.72 Å². The third-order valence-corrected chi connectivity index (χ3v) is 4.14. The largest absolute Gasteiger partial charge is 0.321 e. The minimum absolute atomic E-state index is 0.0179. The van der Waals surface area contributed by atoms with Crippen LogP contribution in [0.4, 0.5) is 11.4 Å². The Morgan fingerprint density at radius 2 is 2.14 bits per heavy atom. The lowest BCUT2D eigenvalue weighted by molar-refractivity contribution is -0.385. The number of nitro groups is 1. The first kappa shape index (κ1) is 14.2. The van der Waals surface area contributed by atoms with Gasteiger partial charge < -0.3 is 5.32 Å². The van der Waals surface area contributed by atoms with Gasteiger partial charge >= 0.3 is 0 Å². The number of nitrogens with zero attached hydrogens (tertiary/aromatic N) is 2. The Hall–Kier alpha value is -2.80. The van der Waals surface area contributed by atoms with E-state index in [1.807, 2.05) is 0 Å². The number of carbonyl (C=O) groups is 1. The summed E-state index contributed by atoms with van der Waals surface area (Å²) in [7, 11) is 0. The standard InChI is InChI=1S/C15H11N3O3S/c1-9-11(3-2-4-13(9)18(20)21)17-15(19)10-5-6-12-14(7-10)22-8-16-12/h2-8H,1H3,(H,17,19). The molecule has 3 rings (SSSR count). The molecule has 0 bridgehead atoms. The van der Waals surface area contributed by atoms with Gasteiger partial charge in [-0.1, -0.05) is 6.07 Å². The quantitative estimate of drug-likeness (QED) is 0.589. The van der Waals surface area contributed by atoms with Crippen molar-refractivity contribution in [1.82, 2.24) is 4.98 Å². The molecule has 0 aliphatic carbocycles. The number of rotatable bonds is 3. The molecular weight excluding hydrogens is 302 g/mol. The summed E-state index contributed by atoms with van der Waals surface area (Å²) in [6.07, 6.45) is 0. The lowest BCUT2D eigenvalue weighted by Gasteiger charge is -2.08. The number of anilines is 1. The Balaban J connectivity index is 1.91. The van der Waals surface area contributed by atoms with E-state index < -0.39 is 4.92 Å². The van der Waals surface area contributed by atoms with Crippen LogP contribution in [-0.2, 0) is 0 Å². The second-order valence-electron chi connectivity index (χ2n) is 4.70. The van der Waals surface area contributed by atoms with E-state index in [1.165, 1.54) is 17.4 Å². The summed E-state index contributed by atoms with van der Waals surface area (Å²) in [6, 6.07) is 9.83. The first-order valence-electron chi connectivity index (χ1n) is 6.45. The van der Waals surface area contributed by atoms with Crippen LogP contribution in [0.15, 0.2) is 41.9 Å². The molecule has 110 valence electrons. The summed E-state index contributed by atoms with van der Waals surface area (Å²) in [4.78, 5) is 26.9. The third kappa shape index (κ3) is 2.53. The molecule has 0 fully saturated rings. The number of benzene rings is 2. The summed E-state index contributed by atoms with van der Waals surface area (Å²) >= 11 is 1.45. The van der Waals surface area contributed by atoms with E-state index in [2.05, 4.69) is 10.3 Å². The normalized spacial score (nSPS) is 10.6. The number of amides is 1. The van der Waals surface area contributed by atoms with Crippen LogP contribution in [0.5, 0.6) is 0 Å². The Bertz CT molecular complexity index is 889. The topological polar surface area (TPSA) is 85.1 Å². The molecule has 7 heteroatoms. The second-order valence-corrected chi connectivity index (χ2v) is 5.58. The fourth-order valence-electron chi connectivity index (χ4n) is 2.15. The third-order valence-electron chi connectivity index (χ3n) is 3.34. The van der Waals surface area contributed by atoms with Crippen molar-refractivity contribution in [3.63, 3.8) is 0 Å². The minimum Gasteiger partial charge on any atom is -0.321 e. The fraction of sp³-hybridized carbons (Fsp3) is 0.0667. The molecule has 0 aliphatic rings. The zero-order valence-electron chi connectivity index (χ0n) is 11.6. The molecule has 0 radical (unpaired) electrons. The predicted molar refractivity (Wildman–Crippen MR) is 85.4 cm³/mol. The monoisotopic (exact) mass is 313 g/mol. The maximum Gasteiger partial charge on any atom is 0.274 e. The highest BCUT2D eigenvalue weighted by Gasteiger charge is 2.15. The number of fused-ring (bicyclic) bond motifs is 1. The van der Waals surface area contributed by atoms with Crippen LogP contribution >= 0.6 is 11.3 Å². The number of aromatic nitrogens is 1. The molecule has 0 unspecified atom stereocenters. The molecule has 1 amide bonds. The lowest BCUT2D eigenvalue weighted by Crippen LogP contribution is -2.13. The zero-order valence-corrected chi connectivity index (χ0v) is 12.4. The van der Waals surface area contributed by atoms with E-state index in [1.54, 1.807) is 42.8 Å². The molecule has 22 heavy (non-hydrogen) atoms. The van der Waals surface area contributed by atoms with Crippen LogP contribution in [0, 0.1) is 17.0 Å². The van der Waals surface area contributed by atoms with E-state index in [0.29, 0.717) is 16.8 Å². The van der Waals surface area contributed by atoms with Gasteiger partial charge in [0.05, 0.1) is 31.9 Å². The number of nitrogens with one attached hydrogen (secondary N) is 1. The first-order chi connectivity index (χ1) is 10.6. The maximum absolute atomic E-state index is 12.3. The van der Waals surface area contributed by atoms with Crippen molar-refractivity contribution in [2.75, 3.05) is 5.32 Å². The molecule has 0 spiro atoms. The summed E-state index contributed by atoms with van der Waals surface area (Å²) in [5.41, 5.74) is 3.90. The van der Waals surface area contributed by atoms with Gasteiger partial charge in [0.25, 0.3) is 11.6 Å². The molecule has 1 heterocycles. The van der Waals surface area contributed by atoms with Gasteiger partial charge in [0, 0.05) is 11.6 Å². The minimum atomic E-state index is -0.464. The lowest BCUT2D eigenvalue weighted by atomic mass is 10.1. The highest BCUT2D eigenvalue weighted by Crippen LogP contribution is 2.26. The van der Waals surface area contributed by atoms with Crippen LogP contribution in [0.3, 0.4) is 0 Å². The van der Waals surface area contributed by atoms with Crippen LogP contribution in [0.2, 0.25) is 0 Å². The number of thiazole rings is 1. The van der Waals surface area contributed by atoms with Gasteiger partial charge in [-0.3, -0.25) is 14.9 Å². The van der Waals surface area contributed by atoms with E-state index in [0.717, 1.165) is 10.2 Å². The first-order valence-corrected chi connectivity index (χ1v) is 7.33. The molecule has 6 nitrogen and oxygen atoms in total. The Morgan fingerprint density at radius 1 is 1.32 bits per heavy atom. The van der Waals surface area contributed by atoms with Gasteiger partial charge in [0.2, 0.25) is 0 Å². The van der Waals surface area contributed by atoms with Gasteiger partial charge in [0.1, 0.15) is 0 Å². The number of carbonyl (C=O) groups excluding carboxylic acids is 1. The van der Waals surface area contributed by atoms with Gasteiger partial charge in [0.15, 0.2) is 0 Å². The Morgan fingerprint density at radius 3 is 2.91 bits per heavy atom. The van der Waals surface area contributed by atoms with E-state index in [4.69, 9.17) is 0 Å². The van der Waals surface area contributed by atoms with Crippen LogP contribution in [0.25, 0.3) is 10.2 Å². The Kier molecular flexibility index (Phi) is 3.56. The van der Waals surface area contributed by atoms with Gasteiger partial charge in [-0.2, -0.15) is 0 Å². The molecule has 2 aromatic carbocycles. The predicted octanol–water partition coefficient (Wildman–Crippen LogP) is 3.77. The smallest absolute Gasteiger partial charge is 0.274 e. The summed E-state index contributed by atoms with van der Waals surface area (Å²) in [6.45, 7) is 1.61. The average Bonchev–Trinajstić information content (AvgIpc) is 2.96. The van der Waals surface area contributed by atoms with Gasteiger partial charge in [-0.05, 0) is 31.2 Å². The Labute approximate surface area is 129 Å². The SMILES string of the molecule is Cc1c(NC(=O)c2ccc3ncsc3c2)cccc1[N+](=O)[O-]. The summed E-state index contributed by atoms with van der Waals surface area (Å²) < 4.78 is 0.920. The van der Waals surface area contributed by atoms with Gasteiger partial charge in [-0.15, -0.1) is 11.3 Å². The van der Waals surface area contributed by atoms with Crippen molar-refractivity contribution >= 4 is 38.8 Å². The van der Waals surface area contributed by atoms with E-state index >= 15 is 0 Å². The van der Waals surface area contributed by atoms with Crippen molar-refractivity contribution in [3.05, 3.63) is 63.1 Å². The highest BCUT2D eigenvalue weighted by molar-refractivity contribution is 7.16. The number of hydrogen-bond acceptors (Lipinski definition) is 5. The van der Waals surface area contributed by atoms with Crippen molar-refractivity contribution in [1.29, 1.82) is 0 Å². The van der Waals surface area contributed by atoms with Crippen molar-refractivity contribution in [3.8, 4) is 0 Å². The molecule has 0 saturated heterocycles. The summed E-state index contributed by atoms with van der Waals surface area (Å²) in [5.74, 6) is -0.307. The zero-order chi connectivity index (χ0) is 15.7. The number of hydrogen-bond donors (Lipinski definition) is 1. The van der Waals surface area contributed by atoms with Crippen LogP contribution < -0.4 is 5.32 Å². The molecular formula is C15H11N3O3S. The van der Waals surface area contributed by atoms with E-state index in [-0.39, 0.29) is 11.6 Å². The highest BCUT2D eigenvalue weighted by atomic mass is 32.1. The average molecular weight is 313 g/mol. The summed E-state index contributed by atoms with van der Waals surface area (Å²) in [5, 5.41) is 13.7. The van der Waals surface area contributed by atoms with Crippen molar-refractivity contribution in [2.24, 2.45) is 0 Å². The van der Waals surface area contributed by atoms with Crippen LogP contribution in [0.1, 0.15) is 15.9 Å². The molecule has 1 N–H and O–H groups in total. The molecule has 0 saturated carbocycles. The molecule has 0 aliphatic heterocycles. The van der Waals surface area contributed by atoms with E-state index in [9.17, 15) is 14.9 Å². The molecule has 3 aromatic rings. The van der Waals surface area contributed by atoms with Crippen molar-refractivity contribution in [2.45, 2.75) is 6.92 Å². The fourth-order valence-corrected chi connectivity index (χ4v) is 2.86. The molecule has 1 aromatic heterocycles. The maximum atomic E-state index is 12.3.